The lowest BCUT2D eigenvalue weighted by molar-refractivity contribution is -0.163. The Morgan fingerprint density at radius 2 is 1.66 bits per heavy atom. The molecule has 0 spiro atoms. The molecule has 0 saturated heterocycles. The highest BCUT2D eigenvalue weighted by Gasteiger charge is 2.75. The number of primary amides is 1. The maximum atomic E-state index is 12.7. The van der Waals surface area contributed by atoms with Crippen molar-refractivity contribution in [3.05, 3.63) is 83.4 Å². The molecule has 2 aromatic heterocycles. The molecular formula is C29H29ClN6O5. The van der Waals surface area contributed by atoms with Crippen LogP contribution in [0.3, 0.4) is 0 Å². The number of aliphatic hydroxyl groups is 2. The SMILES string of the molecule is NC(=O)[C@]1(C2(C(=O)O)CC2)C[C@@H](n2cnc3c(NCC(c4ccccc4)c4ccccc4)nc(Cl)nc32)[C@H](O)[C@@H]1O. The number of carboxylic acid groups (broad SMARTS) is 1. The van der Waals surface area contributed by atoms with Gasteiger partial charge in [-0.1, -0.05) is 60.7 Å². The van der Waals surface area contributed by atoms with Crippen molar-refractivity contribution < 1.29 is 24.9 Å². The minimum Gasteiger partial charge on any atom is -0.481 e. The summed E-state index contributed by atoms with van der Waals surface area (Å²) in [6, 6.07) is 19.1. The van der Waals surface area contributed by atoms with Gasteiger partial charge >= 0.3 is 5.97 Å². The first kappa shape index (κ1) is 27.1. The summed E-state index contributed by atoms with van der Waals surface area (Å²) >= 11 is 6.34. The van der Waals surface area contributed by atoms with Gasteiger partial charge in [0, 0.05) is 12.5 Å². The molecule has 2 aliphatic carbocycles. The summed E-state index contributed by atoms with van der Waals surface area (Å²) < 4.78 is 1.51. The number of anilines is 1. The van der Waals surface area contributed by atoms with E-state index in [9.17, 15) is 24.9 Å². The highest BCUT2D eigenvalue weighted by molar-refractivity contribution is 6.28. The van der Waals surface area contributed by atoms with Gasteiger partial charge in [-0.2, -0.15) is 9.97 Å². The summed E-state index contributed by atoms with van der Waals surface area (Å²) in [4.78, 5) is 38.1. The second-order valence-electron chi connectivity index (χ2n) is 10.8. The number of carbonyl (C=O) groups excluding carboxylic acids is 1. The number of hydrogen-bond acceptors (Lipinski definition) is 8. The van der Waals surface area contributed by atoms with Gasteiger partial charge in [0.15, 0.2) is 17.0 Å². The molecular weight excluding hydrogens is 548 g/mol. The molecule has 4 aromatic rings. The topological polar surface area (TPSA) is 176 Å². The number of nitrogens with zero attached hydrogens (tertiary/aromatic N) is 4. The van der Waals surface area contributed by atoms with Gasteiger partial charge in [0.25, 0.3) is 0 Å². The number of carbonyl (C=O) groups is 2. The van der Waals surface area contributed by atoms with E-state index >= 15 is 0 Å². The van der Waals surface area contributed by atoms with Crippen LogP contribution in [0, 0.1) is 10.8 Å². The lowest BCUT2D eigenvalue weighted by atomic mass is 9.68. The van der Waals surface area contributed by atoms with E-state index in [1.165, 1.54) is 10.9 Å². The number of imidazole rings is 1. The highest BCUT2D eigenvalue weighted by atomic mass is 35.5. The number of aliphatic carboxylic acids is 1. The molecule has 11 nitrogen and oxygen atoms in total. The van der Waals surface area contributed by atoms with Crippen LogP contribution in [-0.4, -0.2) is 65.5 Å². The molecule has 6 rings (SSSR count). The van der Waals surface area contributed by atoms with E-state index in [1.54, 1.807) is 0 Å². The quantitative estimate of drug-likeness (QED) is 0.187. The van der Waals surface area contributed by atoms with Crippen molar-refractivity contribution in [2.75, 3.05) is 11.9 Å². The highest BCUT2D eigenvalue weighted by Crippen LogP contribution is 2.66. The third-order valence-electron chi connectivity index (χ3n) is 8.84. The zero-order valence-electron chi connectivity index (χ0n) is 21.9. The number of carboxylic acids is 1. The molecule has 0 radical (unpaired) electrons. The predicted molar refractivity (Wildman–Crippen MR) is 150 cm³/mol. The van der Waals surface area contributed by atoms with Crippen molar-refractivity contribution in [2.45, 2.75) is 43.4 Å². The minimum absolute atomic E-state index is 0.0167. The van der Waals surface area contributed by atoms with Crippen LogP contribution >= 0.6 is 11.6 Å². The Morgan fingerprint density at radius 3 is 2.20 bits per heavy atom. The number of halogens is 1. The molecule has 2 aliphatic rings. The number of aromatic nitrogens is 4. The molecule has 2 saturated carbocycles. The Balaban J connectivity index is 1.35. The van der Waals surface area contributed by atoms with Crippen molar-refractivity contribution in [2.24, 2.45) is 16.6 Å². The number of rotatable bonds is 9. The molecule has 1 amide bonds. The summed E-state index contributed by atoms with van der Waals surface area (Å²) in [5.74, 6) is -1.83. The molecule has 41 heavy (non-hydrogen) atoms. The lowest BCUT2D eigenvalue weighted by Crippen LogP contribution is -2.54. The average molecular weight is 577 g/mol. The van der Waals surface area contributed by atoms with Crippen molar-refractivity contribution in [3.63, 3.8) is 0 Å². The number of nitrogens with one attached hydrogen (secondary N) is 1. The Kier molecular flexibility index (Phi) is 6.68. The summed E-state index contributed by atoms with van der Waals surface area (Å²) in [5, 5.41) is 35.4. The maximum Gasteiger partial charge on any atom is 0.310 e. The summed E-state index contributed by atoms with van der Waals surface area (Å²) in [7, 11) is 0. The first-order valence-electron chi connectivity index (χ1n) is 13.3. The maximum absolute atomic E-state index is 12.7. The fraction of sp³-hybridized carbons (Fsp3) is 0.345. The summed E-state index contributed by atoms with van der Waals surface area (Å²) in [5.41, 5.74) is 5.19. The van der Waals surface area contributed by atoms with Gasteiger partial charge in [-0.05, 0) is 42.0 Å². The molecule has 2 aromatic carbocycles. The molecule has 2 fully saturated rings. The Hall–Kier alpha value is -4.06. The Labute approximate surface area is 240 Å². The second-order valence-corrected chi connectivity index (χ2v) is 11.2. The third kappa shape index (κ3) is 4.23. The van der Waals surface area contributed by atoms with Gasteiger partial charge in [0.05, 0.1) is 29.3 Å². The molecule has 0 aliphatic heterocycles. The number of aliphatic hydroxyl groups excluding tert-OH is 2. The largest absolute Gasteiger partial charge is 0.481 e. The van der Waals surface area contributed by atoms with E-state index in [-0.39, 0.29) is 36.1 Å². The van der Waals surface area contributed by atoms with E-state index in [2.05, 4.69) is 44.5 Å². The van der Waals surface area contributed by atoms with Crippen molar-refractivity contribution in [1.29, 1.82) is 0 Å². The van der Waals surface area contributed by atoms with Crippen LogP contribution in [0.25, 0.3) is 11.2 Å². The summed E-state index contributed by atoms with van der Waals surface area (Å²) in [6.07, 6.45) is -1.60. The molecule has 12 heteroatoms. The fourth-order valence-corrected chi connectivity index (χ4v) is 6.69. The molecule has 2 heterocycles. The smallest absolute Gasteiger partial charge is 0.310 e. The standard InChI is InChI=1S/C29H29ClN6O5/c30-27-34-23(32-14-18(16-7-3-1-4-8-16)17-9-5-2-6-10-17)20-24(35-27)36(15-33-20)19-13-29(25(31)39,22(38)21(19)37)28(11-12-28)26(40)41/h1-10,15,18-19,21-22,37-38H,11-14H2,(H2,31,39)(H,40,41)(H,32,34,35)/t19-,21+,22+,29+/m1/s1. The van der Waals surface area contributed by atoms with Crippen LogP contribution in [0.15, 0.2) is 67.0 Å². The average Bonchev–Trinajstić information content (AvgIpc) is 3.62. The third-order valence-corrected chi connectivity index (χ3v) is 9.00. The van der Waals surface area contributed by atoms with E-state index in [0.29, 0.717) is 17.9 Å². The number of hydrogen-bond donors (Lipinski definition) is 5. The number of nitrogens with two attached hydrogens (primary N) is 1. The lowest BCUT2D eigenvalue weighted by Gasteiger charge is -2.35. The zero-order valence-corrected chi connectivity index (χ0v) is 22.6. The molecule has 0 unspecified atom stereocenters. The van der Waals surface area contributed by atoms with Crippen molar-refractivity contribution in [1.82, 2.24) is 19.5 Å². The van der Waals surface area contributed by atoms with E-state index in [0.717, 1.165) is 11.1 Å². The van der Waals surface area contributed by atoms with Crippen molar-refractivity contribution in [3.8, 4) is 0 Å². The van der Waals surface area contributed by atoms with Gasteiger partial charge in [-0.3, -0.25) is 9.59 Å². The van der Waals surface area contributed by atoms with Crippen LogP contribution in [0.5, 0.6) is 0 Å². The first-order chi connectivity index (χ1) is 19.7. The molecule has 212 valence electrons. The number of amides is 1. The normalized spacial score (nSPS) is 24.9. The van der Waals surface area contributed by atoms with E-state index < -0.39 is 41.0 Å². The Morgan fingerprint density at radius 1 is 1.05 bits per heavy atom. The van der Waals surface area contributed by atoms with Crippen LogP contribution in [-0.2, 0) is 9.59 Å². The molecule has 4 atom stereocenters. The summed E-state index contributed by atoms with van der Waals surface area (Å²) in [6.45, 7) is 0.458. The van der Waals surface area contributed by atoms with Gasteiger partial charge in [0.2, 0.25) is 11.2 Å². The zero-order chi connectivity index (χ0) is 28.9. The van der Waals surface area contributed by atoms with Crippen molar-refractivity contribution >= 4 is 40.5 Å². The number of benzene rings is 2. The Bertz CT molecular complexity index is 1570. The van der Waals surface area contributed by atoms with E-state index in [4.69, 9.17) is 17.3 Å². The van der Waals surface area contributed by atoms with Gasteiger partial charge in [-0.15, -0.1) is 0 Å². The molecule has 6 N–H and O–H groups in total. The van der Waals surface area contributed by atoms with Gasteiger partial charge in [-0.25, -0.2) is 4.98 Å². The van der Waals surface area contributed by atoms with Gasteiger partial charge in [0.1, 0.15) is 6.10 Å². The number of fused-ring (bicyclic) bond motifs is 1. The van der Waals surface area contributed by atoms with Gasteiger partial charge < -0.3 is 30.9 Å². The van der Waals surface area contributed by atoms with Crippen LogP contribution < -0.4 is 11.1 Å². The minimum atomic E-state index is -1.85. The predicted octanol–water partition coefficient (Wildman–Crippen LogP) is 2.73. The molecule has 0 bridgehead atoms. The fourth-order valence-electron chi connectivity index (χ4n) is 6.53. The second kappa shape index (κ2) is 10.1. The monoisotopic (exact) mass is 576 g/mol. The van der Waals surface area contributed by atoms with E-state index in [1.807, 2.05) is 36.4 Å². The van der Waals surface area contributed by atoms with Crippen LogP contribution in [0.2, 0.25) is 5.28 Å². The van der Waals surface area contributed by atoms with Crippen LogP contribution in [0.1, 0.15) is 42.3 Å². The first-order valence-corrected chi connectivity index (χ1v) is 13.7. The van der Waals surface area contributed by atoms with Crippen LogP contribution in [0.4, 0.5) is 5.82 Å².